The lowest BCUT2D eigenvalue weighted by atomic mass is 9.78. The van der Waals surface area contributed by atoms with Gasteiger partial charge in [-0.15, -0.1) is 0 Å². The van der Waals surface area contributed by atoms with Gasteiger partial charge in [0.15, 0.2) is 18.1 Å². The van der Waals surface area contributed by atoms with Gasteiger partial charge in [0.2, 0.25) is 0 Å². The molecule has 1 aliphatic heterocycles. The highest BCUT2D eigenvalue weighted by atomic mass is 19.4. The number of nitro benzene ring substituents is 1. The number of benzene rings is 2. The van der Waals surface area contributed by atoms with Gasteiger partial charge in [-0.25, -0.2) is 0 Å². The van der Waals surface area contributed by atoms with E-state index < -0.39 is 51.9 Å². The van der Waals surface area contributed by atoms with Crippen LogP contribution in [0.5, 0.6) is 11.5 Å². The minimum Gasteiger partial charge on any atom is -0.486 e. The fourth-order valence-electron chi connectivity index (χ4n) is 4.35. The first-order valence-electron chi connectivity index (χ1n) is 10.8. The molecular weight excluding hydrogens is 473 g/mol. The van der Waals surface area contributed by atoms with Crippen LogP contribution in [0.25, 0.3) is 0 Å². The first kappa shape index (κ1) is 24.3. The van der Waals surface area contributed by atoms with Gasteiger partial charge < -0.3 is 19.5 Å². The van der Waals surface area contributed by atoms with E-state index in [-0.39, 0.29) is 0 Å². The number of nitrogens with one attached hydrogen (secondary N) is 1. The monoisotopic (exact) mass is 494 g/mol. The van der Waals surface area contributed by atoms with E-state index in [1.807, 2.05) is 0 Å². The second-order valence-corrected chi connectivity index (χ2v) is 8.26. The van der Waals surface area contributed by atoms with E-state index in [2.05, 4.69) is 5.32 Å². The first-order valence-corrected chi connectivity index (χ1v) is 10.8. The second kappa shape index (κ2) is 9.43. The molecule has 1 N–H and O–H groups in total. The van der Waals surface area contributed by atoms with Gasteiger partial charge in [-0.2, -0.15) is 13.2 Å². The number of hydrogen-bond donors (Lipinski definition) is 1. The third kappa shape index (κ3) is 5.00. The average molecular weight is 494 g/mol. The van der Waals surface area contributed by atoms with E-state index in [0.29, 0.717) is 55.3 Å². The van der Waals surface area contributed by atoms with E-state index in [4.69, 9.17) is 14.2 Å². The van der Waals surface area contributed by atoms with Crippen molar-refractivity contribution in [2.75, 3.05) is 25.1 Å². The number of amides is 1. The third-order valence-corrected chi connectivity index (χ3v) is 6.07. The molecule has 4 rings (SSSR count). The number of nitro groups is 1. The van der Waals surface area contributed by atoms with Gasteiger partial charge in [0.25, 0.3) is 11.6 Å². The van der Waals surface area contributed by atoms with Crippen LogP contribution in [0.2, 0.25) is 0 Å². The average Bonchev–Trinajstić information content (AvgIpc) is 3.33. The van der Waals surface area contributed by atoms with Crippen LogP contribution >= 0.6 is 0 Å². The summed E-state index contributed by atoms with van der Waals surface area (Å²) in [5.74, 6) is -0.473. The third-order valence-electron chi connectivity index (χ3n) is 6.07. The van der Waals surface area contributed by atoms with Gasteiger partial charge in [0, 0.05) is 6.07 Å². The van der Waals surface area contributed by atoms with E-state index in [9.17, 15) is 32.9 Å². The van der Waals surface area contributed by atoms with Crippen LogP contribution in [-0.4, -0.2) is 36.6 Å². The summed E-state index contributed by atoms with van der Waals surface area (Å²) in [6, 6.07) is 6.93. The molecule has 0 bridgehead atoms. The van der Waals surface area contributed by atoms with Crippen LogP contribution in [0.15, 0.2) is 36.4 Å². The van der Waals surface area contributed by atoms with Gasteiger partial charge in [-0.1, -0.05) is 18.9 Å². The molecule has 0 saturated heterocycles. The Bertz CT molecular complexity index is 1160. The highest BCUT2D eigenvalue weighted by Crippen LogP contribution is 2.45. The zero-order chi connectivity index (χ0) is 25.2. The van der Waals surface area contributed by atoms with E-state index in [0.717, 1.165) is 18.9 Å². The molecular formula is C23H21F3N2O7. The topological polar surface area (TPSA) is 117 Å². The maximum absolute atomic E-state index is 13.1. The Kier molecular flexibility index (Phi) is 6.55. The maximum Gasteiger partial charge on any atom is 0.416 e. The summed E-state index contributed by atoms with van der Waals surface area (Å²) in [7, 11) is 0. The van der Waals surface area contributed by atoms with Crippen LogP contribution in [0.3, 0.4) is 0 Å². The SMILES string of the molecule is O=C(COC(=O)C1(c2ccc3c(c2)OCCO3)CCCC1)Nc1ccc(C(F)(F)F)cc1[N+](=O)[O-]. The van der Waals surface area contributed by atoms with Crippen LogP contribution in [-0.2, 0) is 25.9 Å². The second-order valence-electron chi connectivity index (χ2n) is 8.26. The number of rotatable bonds is 6. The number of esters is 1. The molecule has 0 unspecified atom stereocenters. The van der Waals surface area contributed by atoms with Gasteiger partial charge in [-0.3, -0.25) is 19.7 Å². The normalized spacial score (nSPS) is 16.4. The number of fused-ring (bicyclic) bond motifs is 1. The number of hydrogen-bond acceptors (Lipinski definition) is 7. The highest BCUT2D eigenvalue weighted by Gasteiger charge is 2.45. The summed E-state index contributed by atoms with van der Waals surface area (Å²) >= 11 is 0. The molecule has 9 nitrogen and oxygen atoms in total. The quantitative estimate of drug-likeness (QED) is 0.360. The zero-order valence-corrected chi connectivity index (χ0v) is 18.4. The predicted octanol–water partition coefficient (Wildman–Crippen LogP) is 4.38. The summed E-state index contributed by atoms with van der Waals surface area (Å²) in [5.41, 5.74) is -2.91. The molecule has 0 aromatic heterocycles. The van der Waals surface area contributed by atoms with Gasteiger partial charge in [0.05, 0.1) is 15.9 Å². The Morgan fingerprint density at radius 2 is 1.74 bits per heavy atom. The molecule has 2 aromatic rings. The minimum atomic E-state index is -4.79. The number of alkyl halides is 3. The smallest absolute Gasteiger partial charge is 0.416 e. The molecule has 1 fully saturated rings. The minimum absolute atomic E-state index is 0.330. The number of ether oxygens (including phenoxy) is 3. The molecule has 0 spiro atoms. The van der Waals surface area contributed by atoms with Crippen LogP contribution < -0.4 is 14.8 Å². The lowest BCUT2D eigenvalue weighted by Crippen LogP contribution is -2.36. The highest BCUT2D eigenvalue weighted by molar-refractivity contribution is 5.95. The number of halogens is 3. The first-order chi connectivity index (χ1) is 16.6. The summed E-state index contributed by atoms with van der Waals surface area (Å²) in [6.07, 6.45) is -2.25. The molecule has 0 radical (unpaired) electrons. The fourth-order valence-corrected chi connectivity index (χ4v) is 4.35. The van der Waals surface area contributed by atoms with Gasteiger partial charge in [-0.05, 0) is 42.7 Å². The molecule has 12 heteroatoms. The Labute approximate surface area is 197 Å². The van der Waals surface area contributed by atoms with Crippen molar-refractivity contribution < 1.29 is 41.9 Å². The largest absolute Gasteiger partial charge is 0.486 e. The zero-order valence-electron chi connectivity index (χ0n) is 18.4. The molecule has 1 amide bonds. The molecule has 2 aliphatic rings. The van der Waals surface area contributed by atoms with Crippen molar-refractivity contribution in [2.24, 2.45) is 0 Å². The molecule has 35 heavy (non-hydrogen) atoms. The van der Waals surface area contributed by atoms with Crippen molar-refractivity contribution in [3.05, 3.63) is 57.6 Å². The summed E-state index contributed by atoms with van der Waals surface area (Å²) < 4.78 is 55.0. The van der Waals surface area contributed by atoms with Crippen LogP contribution in [0.1, 0.15) is 36.8 Å². The summed E-state index contributed by atoms with van der Waals surface area (Å²) in [4.78, 5) is 35.6. The molecule has 0 atom stereocenters. The number of carbonyl (C=O) groups is 2. The van der Waals surface area contributed by atoms with Crippen molar-refractivity contribution in [2.45, 2.75) is 37.3 Å². The lowest BCUT2D eigenvalue weighted by molar-refractivity contribution is -0.384. The van der Waals surface area contributed by atoms with Crippen LogP contribution in [0.4, 0.5) is 24.5 Å². The molecule has 1 saturated carbocycles. The van der Waals surface area contributed by atoms with E-state index in [1.165, 1.54) is 0 Å². The van der Waals surface area contributed by atoms with Gasteiger partial charge in [0.1, 0.15) is 18.9 Å². The van der Waals surface area contributed by atoms with E-state index >= 15 is 0 Å². The summed E-state index contributed by atoms with van der Waals surface area (Å²) in [6.45, 7) is 0.0409. The van der Waals surface area contributed by atoms with E-state index in [1.54, 1.807) is 18.2 Å². The van der Waals surface area contributed by atoms with Crippen molar-refractivity contribution >= 4 is 23.3 Å². The van der Waals surface area contributed by atoms with Gasteiger partial charge >= 0.3 is 12.1 Å². The Balaban J connectivity index is 1.47. The predicted molar refractivity (Wildman–Crippen MR) is 115 cm³/mol. The number of nitrogens with zero attached hydrogens (tertiary/aromatic N) is 1. The molecule has 1 aliphatic carbocycles. The van der Waals surface area contributed by atoms with Crippen molar-refractivity contribution in [3.63, 3.8) is 0 Å². The standard InChI is InChI=1S/C23H21F3N2O7/c24-23(25,26)15-3-5-16(17(11-15)28(31)32)27-20(29)13-35-21(30)22(7-1-2-8-22)14-4-6-18-19(12-14)34-10-9-33-18/h3-6,11-12H,1-2,7-10,13H2,(H,27,29). The fraction of sp³-hybridized carbons (Fsp3) is 0.391. The molecule has 2 aromatic carbocycles. The number of anilines is 1. The Morgan fingerprint density at radius 3 is 2.40 bits per heavy atom. The molecule has 1 heterocycles. The maximum atomic E-state index is 13.1. The number of carbonyl (C=O) groups excluding carboxylic acids is 2. The Morgan fingerprint density at radius 1 is 1.06 bits per heavy atom. The van der Waals surface area contributed by atoms with Crippen molar-refractivity contribution in [1.29, 1.82) is 0 Å². The summed E-state index contributed by atoms with van der Waals surface area (Å²) in [5, 5.41) is 13.4. The lowest BCUT2D eigenvalue weighted by Gasteiger charge is -2.28. The molecule has 186 valence electrons. The Hall–Kier alpha value is -3.83. The van der Waals surface area contributed by atoms with Crippen molar-refractivity contribution in [1.82, 2.24) is 0 Å². The van der Waals surface area contributed by atoms with Crippen molar-refractivity contribution in [3.8, 4) is 11.5 Å². The van der Waals surface area contributed by atoms with Crippen LogP contribution in [0, 0.1) is 10.1 Å².